The summed E-state index contributed by atoms with van der Waals surface area (Å²) in [5, 5.41) is 0. The first-order valence-corrected chi connectivity index (χ1v) is 10.3. The third-order valence-electron chi connectivity index (χ3n) is 6.08. The number of para-hydroxylation sites is 1. The normalized spacial score (nSPS) is 21.9. The summed E-state index contributed by atoms with van der Waals surface area (Å²) >= 11 is 1.78. The highest BCUT2D eigenvalue weighted by Gasteiger charge is 2.44. The van der Waals surface area contributed by atoms with E-state index < -0.39 is 0 Å². The fourth-order valence-corrected chi connectivity index (χ4v) is 5.47. The highest BCUT2D eigenvalue weighted by molar-refractivity contribution is 7.09. The Bertz CT molecular complexity index is 978. The SMILES string of the molecule is COc1ccccc1-c1cnc2n1C[C@@]1(CCN(Cc3scnc3C)C1)C2. The molecule has 6 heteroatoms. The summed E-state index contributed by atoms with van der Waals surface area (Å²) in [5.74, 6) is 2.13. The molecular weight excluding hydrogens is 356 g/mol. The van der Waals surface area contributed by atoms with Gasteiger partial charge in [0.05, 0.1) is 30.2 Å². The van der Waals surface area contributed by atoms with Crippen LogP contribution in [0.3, 0.4) is 0 Å². The van der Waals surface area contributed by atoms with Gasteiger partial charge in [0.15, 0.2) is 0 Å². The van der Waals surface area contributed by atoms with E-state index >= 15 is 0 Å². The van der Waals surface area contributed by atoms with Crippen LogP contribution in [0.25, 0.3) is 11.3 Å². The fraction of sp³-hybridized carbons (Fsp3) is 0.429. The quantitative estimate of drug-likeness (QED) is 0.691. The van der Waals surface area contributed by atoms with Crippen molar-refractivity contribution in [2.24, 2.45) is 5.41 Å². The lowest BCUT2D eigenvalue weighted by molar-refractivity contribution is 0.248. The molecule has 2 aromatic heterocycles. The molecule has 0 unspecified atom stereocenters. The van der Waals surface area contributed by atoms with Gasteiger partial charge in [-0.25, -0.2) is 9.97 Å². The topological polar surface area (TPSA) is 43.2 Å². The average Bonchev–Trinajstić information content (AvgIpc) is 3.43. The Morgan fingerprint density at radius 3 is 2.93 bits per heavy atom. The van der Waals surface area contributed by atoms with Gasteiger partial charge < -0.3 is 9.30 Å². The van der Waals surface area contributed by atoms with E-state index in [1.165, 1.54) is 28.5 Å². The van der Waals surface area contributed by atoms with Gasteiger partial charge in [-0.15, -0.1) is 11.3 Å². The molecule has 140 valence electrons. The first kappa shape index (κ1) is 17.0. The van der Waals surface area contributed by atoms with E-state index in [4.69, 9.17) is 9.72 Å². The fourth-order valence-electron chi connectivity index (χ4n) is 4.65. The standard InChI is InChI=1S/C21H24N4OS/c1-15-19(27-14-23-15)11-24-8-7-21(12-24)9-20-22-10-17(25(20)13-21)16-5-3-4-6-18(16)26-2/h3-6,10,14H,7-9,11-13H2,1-2H3/t21-/m0/s1. The average molecular weight is 381 g/mol. The number of aryl methyl sites for hydroxylation is 1. The zero-order valence-corrected chi connectivity index (χ0v) is 16.6. The van der Waals surface area contributed by atoms with Gasteiger partial charge in [-0.3, -0.25) is 4.90 Å². The first-order chi connectivity index (χ1) is 13.2. The van der Waals surface area contributed by atoms with Gasteiger partial charge >= 0.3 is 0 Å². The van der Waals surface area contributed by atoms with Crippen LogP contribution in [-0.2, 0) is 19.5 Å². The summed E-state index contributed by atoms with van der Waals surface area (Å²) < 4.78 is 7.99. The van der Waals surface area contributed by atoms with Crippen LogP contribution in [-0.4, -0.2) is 39.6 Å². The van der Waals surface area contributed by atoms with Crippen LogP contribution < -0.4 is 4.74 Å². The lowest BCUT2D eigenvalue weighted by atomic mass is 9.86. The minimum Gasteiger partial charge on any atom is -0.496 e. The Hall–Kier alpha value is -2.18. The van der Waals surface area contributed by atoms with Gasteiger partial charge in [0.1, 0.15) is 11.6 Å². The van der Waals surface area contributed by atoms with Crippen LogP contribution in [0.15, 0.2) is 36.0 Å². The highest BCUT2D eigenvalue weighted by atomic mass is 32.1. The van der Waals surface area contributed by atoms with Crippen LogP contribution in [0.1, 0.15) is 22.8 Å². The Kier molecular flexibility index (Phi) is 4.06. The predicted molar refractivity (Wildman–Crippen MR) is 107 cm³/mol. The predicted octanol–water partition coefficient (Wildman–Crippen LogP) is 3.77. The summed E-state index contributed by atoms with van der Waals surface area (Å²) in [6, 6.07) is 8.23. The maximum atomic E-state index is 5.58. The molecule has 5 nitrogen and oxygen atoms in total. The van der Waals surface area contributed by atoms with Crippen molar-refractivity contribution in [3.8, 4) is 17.0 Å². The molecule has 0 aliphatic carbocycles. The monoisotopic (exact) mass is 380 g/mol. The van der Waals surface area contributed by atoms with Gasteiger partial charge in [0, 0.05) is 41.9 Å². The van der Waals surface area contributed by atoms with E-state index in [0.29, 0.717) is 5.41 Å². The molecule has 0 bridgehead atoms. The van der Waals surface area contributed by atoms with Crippen molar-refractivity contribution >= 4 is 11.3 Å². The Balaban J connectivity index is 1.37. The van der Waals surface area contributed by atoms with Gasteiger partial charge in [0.25, 0.3) is 0 Å². The second-order valence-corrected chi connectivity index (χ2v) is 8.78. The second-order valence-electron chi connectivity index (χ2n) is 7.84. The van der Waals surface area contributed by atoms with Crippen LogP contribution in [0.5, 0.6) is 5.75 Å². The van der Waals surface area contributed by atoms with E-state index in [1.807, 2.05) is 23.8 Å². The summed E-state index contributed by atoms with van der Waals surface area (Å²) in [5.41, 5.74) is 5.76. The van der Waals surface area contributed by atoms with Crippen molar-refractivity contribution in [2.75, 3.05) is 20.2 Å². The third kappa shape index (κ3) is 2.87. The molecule has 3 aromatic rings. The minimum atomic E-state index is 0.318. The number of imidazole rings is 1. The molecule has 1 aromatic carbocycles. The molecule has 1 saturated heterocycles. The van der Waals surface area contributed by atoms with Gasteiger partial charge in [-0.05, 0) is 32.0 Å². The lowest BCUT2D eigenvalue weighted by Gasteiger charge is -2.23. The lowest BCUT2D eigenvalue weighted by Crippen LogP contribution is -2.28. The van der Waals surface area contributed by atoms with Gasteiger partial charge in [-0.1, -0.05) is 12.1 Å². The number of ether oxygens (including phenoxy) is 1. The van der Waals surface area contributed by atoms with Crippen LogP contribution >= 0.6 is 11.3 Å². The van der Waals surface area contributed by atoms with Crippen LogP contribution in [0.2, 0.25) is 0 Å². The van der Waals surface area contributed by atoms with Gasteiger partial charge in [0.2, 0.25) is 0 Å². The molecule has 2 aliphatic rings. The number of methoxy groups -OCH3 is 1. The number of likely N-dealkylation sites (tertiary alicyclic amines) is 1. The molecule has 0 saturated carbocycles. The van der Waals surface area contributed by atoms with E-state index in [2.05, 4.69) is 33.5 Å². The number of nitrogens with zero attached hydrogens (tertiary/aromatic N) is 4. The first-order valence-electron chi connectivity index (χ1n) is 9.47. The molecule has 0 N–H and O–H groups in total. The molecule has 1 atom stereocenters. The molecule has 1 spiro atoms. The zero-order chi connectivity index (χ0) is 18.4. The number of fused-ring (bicyclic) bond motifs is 1. The number of hydrogen-bond acceptors (Lipinski definition) is 5. The van der Waals surface area contributed by atoms with Crippen molar-refractivity contribution < 1.29 is 4.74 Å². The highest BCUT2D eigenvalue weighted by Crippen LogP contribution is 2.44. The van der Waals surface area contributed by atoms with Crippen LogP contribution in [0.4, 0.5) is 0 Å². The smallest absolute Gasteiger partial charge is 0.128 e. The Morgan fingerprint density at radius 2 is 2.11 bits per heavy atom. The largest absolute Gasteiger partial charge is 0.496 e. The van der Waals surface area contributed by atoms with E-state index in [1.54, 1.807) is 18.4 Å². The van der Waals surface area contributed by atoms with E-state index in [0.717, 1.165) is 43.9 Å². The van der Waals surface area contributed by atoms with Crippen molar-refractivity contribution in [2.45, 2.75) is 32.9 Å². The van der Waals surface area contributed by atoms with E-state index in [-0.39, 0.29) is 0 Å². The van der Waals surface area contributed by atoms with Gasteiger partial charge in [-0.2, -0.15) is 0 Å². The zero-order valence-electron chi connectivity index (χ0n) is 15.8. The second kappa shape index (κ2) is 6.46. The number of benzene rings is 1. The molecule has 0 radical (unpaired) electrons. The Labute approximate surface area is 163 Å². The Morgan fingerprint density at radius 1 is 1.22 bits per heavy atom. The summed E-state index contributed by atoms with van der Waals surface area (Å²) in [6.45, 7) is 6.49. The van der Waals surface area contributed by atoms with Crippen molar-refractivity contribution in [3.63, 3.8) is 0 Å². The molecule has 27 heavy (non-hydrogen) atoms. The van der Waals surface area contributed by atoms with Crippen molar-refractivity contribution in [3.05, 3.63) is 52.4 Å². The molecule has 5 rings (SSSR count). The third-order valence-corrected chi connectivity index (χ3v) is 7.00. The van der Waals surface area contributed by atoms with Crippen LogP contribution in [0, 0.1) is 12.3 Å². The van der Waals surface area contributed by atoms with Crippen molar-refractivity contribution in [1.29, 1.82) is 0 Å². The maximum absolute atomic E-state index is 5.58. The molecule has 2 aliphatic heterocycles. The molecule has 4 heterocycles. The number of aromatic nitrogens is 3. The number of hydrogen-bond donors (Lipinski definition) is 0. The summed E-state index contributed by atoms with van der Waals surface area (Å²) in [7, 11) is 1.73. The molecular formula is C21H24N4OS. The molecule has 0 amide bonds. The molecule has 1 fully saturated rings. The van der Waals surface area contributed by atoms with Crippen molar-refractivity contribution in [1.82, 2.24) is 19.4 Å². The minimum absolute atomic E-state index is 0.318. The maximum Gasteiger partial charge on any atom is 0.128 e. The number of thiazole rings is 1. The van der Waals surface area contributed by atoms with E-state index in [9.17, 15) is 0 Å². The summed E-state index contributed by atoms with van der Waals surface area (Å²) in [4.78, 5) is 13.2. The number of rotatable bonds is 4. The summed E-state index contributed by atoms with van der Waals surface area (Å²) in [6.07, 6.45) is 4.31.